The third-order valence-corrected chi connectivity index (χ3v) is 2.75. The third-order valence-electron chi connectivity index (χ3n) is 2.75. The summed E-state index contributed by atoms with van der Waals surface area (Å²) in [5, 5.41) is 8.89. The monoisotopic (exact) mass is 182 g/mol. The van der Waals surface area contributed by atoms with Gasteiger partial charge in [-0.25, -0.2) is 0 Å². The van der Waals surface area contributed by atoms with Gasteiger partial charge in [0.15, 0.2) is 0 Å². The summed E-state index contributed by atoms with van der Waals surface area (Å²) in [4.78, 5) is 21.0. The Bertz CT molecular complexity index is 243. The molecule has 0 aromatic heterocycles. The first kappa shape index (κ1) is 9.96. The van der Waals surface area contributed by atoms with Crippen LogP contribution in [0.3, 0.4) is 0 Å². The van der Waals surface area contributed by atoms with Crippen molar-refractivity contribution in [2.24, 2.45) is 11.8 Å². The van der Waals surface area contributed by atoms with Crippen molar-refractivity contribution in [1.82, 2.24) is 0 Å². The van der Waals surface area contributed by atoms with E-state index in [2.05, 4.69) is 0 Å². The van der Waals surface area contributed by atoms with E-state index in [0.29, 0.717) is 0 Å². The number of carboxylic acid groups (broad SMARTS) is 1. The number of aliphatic carboxylic acids is 1. The smallest absolute Gasteiger partial charge is 0.307 e. The highest BCUT2D eigenvalue weighted by Crippen LogP contribution is 2.36. The van der Waals surface area contributed by atoms with Gasteiger partial charge >= 0.3 is 5.97 Å². The van der Waals surface area contributed by atoms with E-state index in [1.54, 1.807) is 0 Å². The minimum atomic E-state index is -0.735. The molecule has 2 atom stereocenters. The Morgan fingerprint density at radius 1 is 1.38 bits per heavy atom. The highest BCUT2D eigenvalue weighted by molar-refractivity contribution is 5.72. The lowest BCUT2D eigenvalue weighted by Gasteiger charge is -2.15. The average Bonchev–Trinajstić information content (AvgIpc) is 2.52. The van der Waals surface area contributed by atoms with Crippen LogP contribution in [0, 0.1) is 11.8 Å². The topological polar surface area (TPSA) is 54.4 Å². The molecule has 0 aromatic carbocycles. The highest BCUT2D eigenvalue weighted by atomic mass is 16.4. The van der Waals surface area contributed by atoms with Gasteiger partial charge in [-0.05, 0) is 31.8 Å². The van der Waals surface area contributed by atoms with Crippen LogP contribution in [0.5, 0.6) is 0 Å². The van der Waals surface area contributed by atoms with Gasteiger partial charge in [0.2, 0.25) is 0 Å². The minimum absolute atomic E-state index is 0.0719. The molecule has 3 nitrogen and oxygen atoms in total. The Morgan fingerprint density at radius 3 is 2.54 bits per heavy atom. The van der Waals surface area contributed by atoms with Gasteiger partial charge in [-0.15, -0.1) is 0 Å². The molecule has 1 N–H and O–H groups in total. The molecule has 1 fully saturated rings. The SMILES string of the molecule is C/C(=C/C=O)C1CCCC1C(=O)O. The van der Waals surface area contributed by atoms with Crippen molar-refractivity contribution in [1.29, 1.82) is 0 Å². The number of hydrogen-bond donors (Lipinski definition) is 1. The van der Waals surface area contributed by atoms with Crippen molar-refractivity contribution < 1.29 is 14.7 Å². The lowest BCUT2D eigenvalue weighted by atomic mass is 9.89. The number of rotatable bonds is 3. The Hall–Kier alpha value is -1.12. The van der Waals surface area contributed by atoms with Gasteiger partial charge in [0.25, 0.3) is 0 Å². The van der Waals surface area contributed by atoms with Gasteiger partial charge < -0.3 is 5.11 Å². The molecule has 0 heterocycles. The van der Waals surface area contributed by atoms with Gasteiger partial charge in [-0.3, -0.25) is 9.59 Å². The number of carboxylic acids is 1. The van der Waals surface area contributed by atoms with Crippen LogP contribution in [0.15, 0.2) is 11.6 Å². The molecule has 0 spiro atoms. The Labute approximate surface area is 77.4 Å². The van der Waals surface area contributed by atoms with Crippen LogP contribution in [-0.2, 0) is 9.59 Å². The third kappa shape index (κ3) is 2.17. The molecule has 3 heteroatoms. The molecule has 72 valence electrons. The van der Waals surface area contributed by atoms with Gasteiger partial charge in [-0.1, -0.05) is 12.0 Å². The molecule has 0 amide bonds. The summed E-state index contributed by atoms with van der Waals surface area (Å²) < 4.78 is 0. The number of hydrogen-bond acceptors (Lipinski definition) is 2. The lowest BCUT2D eigenvalue weighted by molar-refractivity contribution is -0.142. The summed E-state index contributed by atoms with van der Waals surface area (Å²) in [5.41, 5.74) is 0.903. The van der Waals surface area contributed by atoms with Crippen LogP contribution in [0.25, 0.3) is 0 Å². The zero-order valence-electron chi connectivity index (χ0n) is 7.69. The highest BCUT2D eigenvalue weighted by Gasteiger charge is 2.33. The quantitative estimate of drug-likeness (QED) is 0.533. The first-order valence-corrected chi connectivity index (χ1v) is 4.51. The van der Waals surface area contributed by atoms with Crippen LogP contribution < -0.4 is 0 Å². The van der Waals surface area contributed by atoms with Crippen molar-refractivity contribution >= 4 is 12.3 Å². The molecule has 0 bridgehead atoms. The normalized spacial score (nSPS) is 28.8. The summed E-state index contributed by atoms with van der Waals surface area (Å²) >= 11 is 0. The summed E-state index contributed by atoms with van der Waals surface area (Å²) in [6.45, 7) is 1.83. The van der Waals surface area contributed by atoms with Gasteiger partial charge in [-0.2, -0.15) is 0 Å². The van der Waals surface area contributed by atoms with E-state index < -0.39 is 5.97 Å². The molecule has 1 saturated carbocycles. The predicted octanol–water partition coefficient (Wildman–Crippen LogP) is 1.63. The first-order valence-electron chi connectivity index (χ1n) is 4.51. The molecular formula is C10H14O3. The fraction of sp³-hybridized carbons (Fsp3) is 0.600. The molecule has 0 saturated heterocycles. The van der Waals surface area contributed by atoms with E-state index >= 15 is 0 Å². The fourth-order valence-corrected chi connectivity index (χ4v) is 2.03. The van der Waals surface area contributed by atoms with Crippen molar-refractivity contribution in [3.05, 3.63) is 11.6 Å². The first-order chi connectivity index (χ1) is 6.16. The second kappa shape index (κ2) is 4.21. The molecular weight excluding hydrogens is 168 g/mol. The van der Waals surface area contributed by atoms with Crippen molar-refractivity contribution in [2.75, 3.05) is 0 Å². The molecule has 1 aliphatic carbocycles. The maximum atomic E-state index is 10.8. The second-order valence-corrected chi connectivity index (χ2v) is 3.53. The minimum Gasteiger partial charge on any atom is -0.481 e. The molecule has 0 radical (unpaired) electrons. The summed E-state index contributed by atoms with van der Waals surface area (Å²) in [5.74, 6) is -0.944. The maximum absolute atomic E-state index is 10.8. The largest absolute Gasteiger partial charge is 0.481 e. The van der Waals surface area contributed by atoms with Crippen molar-refractivity contribution in [3.63, 3.8) is 0 Å². The number of allylic oxidation sites excluding steroid dienone is 2. The van der Waals surface area contributed by atoms with Crippen molar-refractivity contribution in [2.45, 2.75) is 26.2 Å². The van der Waals surface area contributed by atoms with E-state index in [-0.39, 0.29) is 11.8 Å². The number of carbonyl (C=O) groups excluding carboxylic acids is 1. The zero-order chi connectivity index (χ0) is 9.84. The van der Waals surface area contributed by atoms with E-state index in [9.17, 15) is 9.59 Å². The summed E-state index contributed by atoms with van der Waals surface area (Å²) in [6.07, 6.45) is 4.79. The second-order valence-electron chi connectivity index (χ2n) is 3.53. The zero-order valence-corrected chi connectivity index (χ0v) is 7.69. The molecule has 1 aliphatic rings. The summed E-state index contributed by atoms with van der Waals surface area (Å²) in [6, 6.07) is 0. The van der Waals surface area contributed by atoms with Crippen molar-refractivity contribution in [3.8, 4) is 0 Å². The van der Waals surface area contributed by atoms with E-state index in [0.717, 1.165) is 31.1 Å². The fourth-order valence-electron chi connectivity index (χ4n) is 2.03. The molecule has 0 aromatic rings. The Kier molecular flexibility index (Phi) is 3.23. The number of carbonyl (C=O) groups is 2. The predicted molar refractivity (Wildman–Crippen MR) is 48.3 cm³/mol. The van der Waals surface area contributed by atoms with E-state index in [4.69, 9.17) is 5.11 Å². The van der Waals surface area contributed by atoms with Crippen LogP contribution in [-0.4, -0.2) is 17.4 Å². The van der Waals surface area contributed by atoms with E-state index in [1.807, 2.05) is 6.92 Å². The Balaban J connectivity index is 2.73. The van der Waals surface area contributed by atoms with Crippen LogP contribution in [0.2, 0.25) is 0 Å². The summed E-state index contributed by atoms with van der Waals surface area (Å²) in [7, 11) is 0. The molecule has 2 unspecified atom stereocenters. The Morgan fingerprint density at radius 2 is 2.00 bits per heavy atom. The van der Waals surface area contributed by atoms with Crippen LogP contribution in [0.1, 0.15) is 26.2 Å². The van der Waals surface area contributed by atoms with Gasteiger partial charge in [0.1, 0.15) is 6.29 Å². The van der Waals surface area contributed by atoms with Crippen LogP contribution in [0.4, 0.5) is 0 Å². The lowest BCUT2D eigenvalue weighted by Crippen LogP contribution is -2.19. The van der Waals surface area contributed by atoms with Gasteiger partial charge in [0, 0.05) is 0 Å². The average molecular weight is 182 g/mol. The molecule has 0 aliphatic heterocycles. The van der Waals surface area contributed by atoms with Gasteiger partial charge in [0.05, 0.1) is 5.92 Å². The van der Waals surface area contributed by atoms with Crippen LogP contribution >= 0.6 is 0 Å². The molecule has 13 heavy (non-hydrogen) atoms. The number of aldehydes is 1. The molecule has 1 rings (SSSR count). The maximum Gasteiger partial charge on any atom is 0.307 e. The standard InChI is InChI=1S/C10H14O3/c1-7(5-6-11)8-3-2-4-9(8)10(12)13/h5-6,8-9H,2-4H2,1H3,(H,12,13)/b7-5-. The van der Waals surface area contributed by atoms with E-state index in [1.165, 1.54) is 6.08 Å².